The van der Waals surface area contributed by atoms with E-state index in [4.69, 9.17) is 20.4 Å². The molecule has 0 aromatic heterocycles. The highest BCUT2D eigenvalue weighted by Crippen LogP contribution is 2.47. The number of hydrogen-bond donors (Lipinski definition) is 4. The van der Waals surface area contributed by atoms with Gasteiger partial charge in [0.15, 0.2) is 5.78 Å². The molecule has 0 aliphatic rings. The molecule has 0 radical (unpaired) electrons. The van der Waals surface area contributed by atoms with Gasteiger partial charge in [-0.3, -0.25) is 10.5 Å². The Morgan fingerprint density at radius 1 is 1.56 bits per heavy atom. The third kappa shape index (κ3) is 2.84. The van der Waals surface area contributed by atoms with Crippen molar-refractivity contribution in [2.24, 2.45) is 5.73 Å². The van der Waals surface area contributed by atoms with Crippen LogP contribution in [0.25, 0.3) is 0 Å². The molecule has 0 fully saturated rings. The number of carbonyl (C=O) groups is 1. The van der Waals surface area contributed by atoms with Crippen LogP contribution in [0.2, 0.25) is 0 Å². The molecule has 0 aromatic rings. The maximum absolute atomic E-state index is 10.2. The minimum absolute atomic E-state index is 0.643. The summed E-state index contributed by atoms with van der Waals surface area (Å²) in [5, 5.41) is 0. The Kier molecular flexibility index (Phi) is 2.66. The summed E-state index contributed by atoms with van der Waals surface area (Å²) in [7, 11) is -4.13. The van der Waals surface area contributed by atoms with Gasteiger partial charge in [0, 0.05) is 6.92 Å². The predicted molar refractivity (Wildman–Crippen MR) is 32.2 cm³/mol. The molecule has 0 spiro atoms. The van der Waals surface area contributed by atoms with Crippen LogP contribution >= 0.6 is 7.94 Å². The van der Waals surface area contributed by atoms with Crippen molar-refractivity contribution in [2.45, 2.75) is 12.7 Å². The zero-order chi connectivity index (χ0) is 7.65. The van der Waals surface area contributed by atoms with Crippen LogP contribution in [0.15, 0.2) is 0 Å². The summed E-state index contributed by atoms with van der Waals surface area (Å²) in [6.07, 6.45) is 0. The van der Waals surface area contributed by atoms with Crippen LogP contribution in [0.3, 0.4) is 0 Å². The van der Waals surface area contributed by atoms with Crippen LogP contribution in [-0.4, -0.2) is 26.2 Å². The van der Waals surface area contributed by atoms with Crippen molar-refractivity contribution in [3.63, 3.8) is 0 Å². The summed E-state index contributed by atoms with van der Waals surface area (Å²) in [5.74, 6) is -2.19. The largest absolute Gasteiger partial charge is 0.430 e. The van der Waals surface area contributed by atoms with E-state index in [0.29, 0.717) is 0 Å². The van der Waals surface area contributed by atoms with Crippen molar-refractivity contribution in [1.82, 2.24) is 0 Å². The van der Waals surface area contributed by atoms with E-state index in [1.807, 2.05) is 0 Å². The number of nitrogens with two attached hydrogens (primary N) is 1. The van der Waals surface area contributed by atoms with Crippen molar-refractivity contribution < 1.29 is 19.5 Å². The molecule has 0 rings (SSSR count). The zero-order valence-electron chi connectivity index (χ0n) is 4.85. The van der Waals surface area contributed by atoms with Gasteiger partial charge in [-0.15, -0.1) is 0 Å². The highest BCUT2D eigenvalue weighted by atomic mass is 31.2. The van der Waals surface area contributed by atoms with E-state index in [2.05, 4.69) is 0 Å². The molecule has 0 unspecified atom stereocenters. The average Bonchev–Trinajstić information content (AvgIpc) is 1.62. The number of Topliss-reactive ketones (excluding diaryl/α,β-unsaturated/α-hetero) is 1. The molecule has 0 bridgehead atoms. The first-order valence-corrected chi connectivity index (χ1v) is 3.90. The number of hydrogen-bond acceptors (Lipinski definition) is 5. The fourth-order valence-corrected chi connectivity index (χ4v) is 0.732. The molecule has 0 amide bonds. The van der Waals surface area contributed by atoms with E-state index < -0.39 is 19.5 Å². The Balaban J connectivity index is 4.04. The van der Waals surface area contributed by atoms with Crippen LogP contribution in [-0.2, 0) is 4.79 Å². The lowest BCUT2D eigenvalue weighted by molar-refractivity contribution is -0.117. The normalized spacial score (nSPS) is 15.2. The molecule has 5 nitrogen and oxygen atoms in total. The Hall–Kier alpha value is -0.0600. The smallest absolute Gasteiger partial charge is 0.294 e. The fourth-order valence-electron chi connectivity index (χ4n) is 0.244. The number of ketones is 1. The molecule has 0 saturated heterocycles. The second kappa shape index (κ2) is 2.68. The maximum Gasteiger partial charge on any atom is 0.430 e. The molecule has 0 aromatic carbocycles. The van der Waals surface area contributed by atoms with E-state index in [1.54, 1.807) is 0 Å². The Morgan fingerprint density at radius 3 is 1.89 bits per heavy atom. The lowest BCUT2D eigenvalue weighted by atomic mass is 10.5. The van der Waals surface area contributed by atoms with Crippen LogP contribution in [0, 0.1) is 0 Å². The van der Waals surface area contributed by atoms with Gasteiger partial charge in [0.1, 0.15) is 0 Å². The van der Waals surface area contributed by atoms with E-state index >= 15 is 0 Å². The van der Waals surface area contributed by atoms with Crippen molar-refractivity contribution in [3.05, 3.63) is 0 Å². The third-order valence-electron chi connectivity index (χ3n) is 0.790. The fraction of sp³-hybridized carbons (Fsp3) is 0.667. The molecule has 0 aliphatic carbocycles. The average molecular weight is 154 g/mol. The van der Waals surface area contributed by atoms with Gasteiger partial charge < -0.3 is 0 Å². The molecular formula is C3H9NO4P+. The van der Waals surface area contributed by atoms with Gasteiger partial charge >= 0.3 is 7.94 Å². The summed E-state index contributed by atoms with van der Waals surface area (Å²) in [6, 6.07) is 0. The van der Waals surface area contributed by atoms with Crippen molar-refractivity contribution in [3.8, 4) is 0 Å². The molecule has 0 aliphatic heterocycles. The van der Waals surface area contributed by atoms with Crippen molar-refractivity contribution in [2.75, 3.05) is 0 Å². The van der Waals surface area contributed by atoms with Gasteiger partial charge in [0.2, 0.25) is 0 Å². The molecule has 1 atom stereocenters. The van der Waals surface area contributed by atoms with E-state index in [9.17, 15) is 4.79 Å². The monoisotopic (exact) mass is 154 g/mol. The lowest BCUT2D eigenvalue weighted by Gasteiger charge is -2.07. The first-order valence-electron chi connectivity index (χ1n) is 2.18. The number of rotatable bonds is 2. The minimum Gasteiger partial charge on any atom is -0.294 e. The van der Waals surface area contributed by atoms with Crippen LogP contribution in [0.5, 0.6) is 0 Å². The van der Waals surface area contributed by atoms with E-state index in [1.165, 1.54) is 0 Å². The molecule has 54 valence electrons. The second-order valence-corrected chi connectivity index (χ2v) is 3.46. The summed E-state index contributed by atoms with van der Waals surface area (Å²) < 4.78 is 0. The molecule has 0 heterocycles. The lowest BCUT2D eigenvalue weighted by Crippen LogP contribution is -2.30. The van der Waals surface area contributed by atoms with Crippen LogP contribution in [0.4, 0.5) is 0 Å². The highest BCUT2D eigenvalue weighted by molar-refractivity contribution is 7.60. The second-order valence-electron chi connectivity index (χ2n) is 1.67. The number of carbonyl (C=O) groups excluding carboxylic acids is 1. The van der Waals surface area contributed by atoms with Gasteiger partial charge in [-0.25, -0.2) is 0 Å². The molecule has 9 heavy (non-hydrogen) atoms. The van der Waals surface area contributed by atoms with Gasteiger partial charge in [-0.2, -0.15) is 14.7 Å². The summed E-state index contributed by atoms with van der Waals surface area (Å²) in [5.41, 5.74) is 4.84. The standard InChI is InChI=1S/C3H9NO4P/c1-2(5)3(4)9(6,7)8/h3,6-8H,4H2,1H3/q+1/t3-/m1/s1. The maximum atomic E-state index is 10.2. The molecule has 0 saturated carbocycles. The summed E-state index contributed by atoms with van der Waals surface area (Å²) in [6.45, 7) is 1.07. The first kappa shape index (κ1) is 8.94. The van der Waals surface area contributed by atoms with Gasteiger partial charge in [0.05, 0.1) is 0 Å². The highest BCUT2D eigenvalue weighted by Gasteiger charge is 2.43. The first-order chi connectivity index (χ1) is 3.85. The predicted octanol–water partition coefficient (Wildman–Crippen LogP) is -1.40. The Labute approximate surface area is 52.7 Å². The van der Waals surface area contributed by atoms with Gasteiger partial charge in [-0.05, 0) is 0 Å². The zero-order valence-corrected chi connectivity index (χ0v) is 5.75. The van der Waals surface area contributed by atoms with Crippen LogP contribution < -0.4 is 5.73 Å². The van der Waals surface area contributed by atoms with Gasteiger partial charge in [0.25, 0.3) is 5.78 Å². The molecular weight excluding hydrogens is 145 g/mol. The third-order valence-corrected chi connectivity index (χ3v) is 1.90. The summed E-state index contributed by atoms with van der Waals surface area (Å²) >= 11 is 0. The molecule has 6 heteroatoms. The Bertz CT molecular complexity index is 119. The molecule has 5 N–H and O–H groups in total. The van der Waals surface area contributed by atoms with E-state index in [0.717, 1.165) is 6.92 Å². The Morgan fingerprint density at radius 2 is 1.89 bits per heavy atom. The van der Waals surface area contributed by atoms with Gasteiger partial charge in [-0.1, -0.05) is 0 Å². The van der Waals surface area contributed by atoms with Crippen molar-refractivity contribution >= 4 is 13.7 Å². The van der Waals surface area contributed by atoms with E-state index in [-0.39, 0.29) is 0 Å². The SMILES string of the molecule is CC(=O)[C@H](N)[P+](O)(O)O. The van der Waals surface area contributed by atoms with Crippen LogP contribution in [0.1, 0.15) is 6.92 Å². The minimum atomic E-state index is -4.13. The summed E-state index contributed by atoms with van der Waals surface area (Å²) in [4.78, 5) is 35.2. The van der Waals surface area contributed by atoms with Crippen molar-refractivity contribution in [1.29, 1.82) is 0 Å². The topological polar surface area (TPSA) is 104 Å². The quantitative estimate of drug-likeness (QED) is 0.366.